The van der Waals surface area contributed by atoms with Crippen LogP contribution in [-0.2, 0) is 0 Å². The standard InChI is InChI=1S/C17H19BrFNO/c1-2-8-20-12-17(13-6-4-3-5-7-13)21-16-10-14(18)9-15(19)11-16/h3-7,9-11,17,20H,2,8,12H2,1H3. The highest BCUT2D eigenvalue weighted by Gasteiger charge is 2.13. The van der Waals surface area contributed by atoms with Crippen molar-refractivity contribution in [3.05, 3.63) is 64.4 Å². The van der Waals surface area contributed by atoms with Gasteiger partial charge in [0, 0.05) is 17.1 Å². The molecule has 0 spiro atoms. The highest BCUT2D eigenvalue weighted by molar-refractivity contribution is 9.10. The molecule has 0 heterocycles. The van der Waals surface area contributed by atoms with Crippen molar-refractivity contribution in [1.82, 2.24) is 5.32 Å². The number of hydrogen-bond donors (Lipinski definition) is 1. The van der Waals surface area contributed by atoms with Crippen molar-refractivity contribution < 1.29 is 9.13 Å². The Kier molecular flexibility index (Phi) is 6.21. The molecule has 0 aromatic heterocycles. The lowest BCUT2D eigenvalue weighted by molar-refractivity contribution is 0.201. The minimum atomic E-state index is -0.312. The van der Waals surface area contributed by atoms with Crippen LogP contribution in [0.1, 0.15) is 25.0 Å². The van der Waals surface area contributed by atoms with Crippen LogP contribution >= 0.6 is 15.9 Å². The van der Waals surface area contributed by atoms with Gasteiger partial charge in [-0.15, -0.1) is 0 Å². The predicted molar refractivity (Wildman–Crippen MR) is 87.1 cm³/mol. The molecule has 21 heavy (non-hydrogen) atoms. The smallest absolute Gasteiger partial charge is 0.136 e. The van der Waals surface area contributed by atoms with Crippen molar-refractivity contribution in [2.75, 3.05) is 13.1 Å². The molecule has 0 aliphatic carbocycles. The molecule has 2 aromatic carbocycles. The van der Waals surface area contributed by atoms with E-state index in [0.717, 1.165) is 18.5 Å². The zero-order chi connectivity index (χ0) is 15.1. The van der Waals surface area contributed by atoms with E-state index in [2.05, 4.69) is 28.2 Å². The molecule has 2 aromatic rings. The molecule has 0 radical (unpaired) electrons. The molecule has 0 fully saturated rings. The quantitative estimate of drug-likeness (QED) is 0.729. The molecule has 0 aliphatic heterocycles. The maximum absolute atomic E-state index is 13.5. The molecule has 1 atom stereocenters. The van der Waals surface area contributed by atoms with Crippen LogP contribution in [0.4, 0.5) is 4.39 Å². The van der Waals surface area contributed by atoms with Gasteiger partial charge in [0.15, 0.2) is 0 Å². The Morgan fingerprint density at radius 1 is 1.19 bits per heavy atom. The summed E-state index contributed by atoms with van der Waals surface area (Å²) in [5.74, 6) is 0.210. The van der Waals surface area contributed by atoms with Crippen LogP contribution in [0.5, 0.6) is 5.75 Å². The van der Waals surface area contributed by atoms with Gasteiger partial charge in [-0.1, -0.05) is 53.2 Å². The third-order valence-electron chi connectivity index (χ3n) is 3.04. The maximum atomic E-state index is 13.5. The van der Waals surface area contributed by atoms with E-state index in [0.29, 0.717) is 16.8 Å². The van der Waals surface area contributed by atoms with Crippen molar-refractivity contribution in [2.45, 2.75) is 19.4 Å². The number of ether oxygens (including phenoxy) is 1. The SMILES string of the molecule is CCCNCC(Oc1cc(F)cc(Br)c1)c1ccccc1. The zero-order valence-electron chi connectivity index (χ0n) is 12.0. The lowest BCUT2D eigenvalue weighted by Gasteiger charge is -2.20. The summed E-state index contributed by atoms with van der Waals surface area (Å²) in [6.45, 7) is 3.74. The molecule has 0 saturated heterocycles. The molecule has 0 saturated carbocycles. The largest absolute Gasteiger partial charge is 0.484 e. The zero-order valence-corrected chi connectivity index (χ0v) is 13.6. The van der Waals surface area contributed by atoms with Gasteiger partial charge < -0.3 is 10.1 Å². The summed E-state index contributed by atoms with van der Waals surface area (Å²) in [5, 5.41) is 3.35. The first-order chi connectivity index (χ1) is 10.2. The molecule has 0 amide bonds. The van der Waals surface area contributed by atoms with Gasteiger partial charge in [0.2, 0.25) is 0 Å². The molecule has 112 valence electrons. The summed E-state index contributed by atoms with van der Waals surface area (Å²) in [6.07, 6.45) is 0.916. The summed E-state index contributed by atoms with van der Waals surface area (Å²) in [7, 11) is 0. The molecule has 1 N–H and O–H groups in total. The Hall–Kier alpha value is -1.39. The van der Waals surface area contributed by atoms with Crippen LogP contribution in [0.25, 0.3) is 0 Å². The first-order valence-corrected chi connectivity index (χ1v) is 7.86. The Morgan fingerprint density at radius 2 is 1.95 bits per heavy atom. The van der Waals surface area contributed by atoms with Crippen molar-refractivity contribution in [2.24, 2.45) is 0 Å². The van der Waals surface area contributed by atoms with Gasteiger partial charge in [0.25, 0.3) is 0 Å². The fourth-order valence-corrected chi connectivity index (χ4v) is 2.51. The molecule has 2 rings (SSSR count). The lowest BCUT2D eigenvalue weighted by Crippen LogP contribution is -2.25. The fraction of sp³-hybridized carbons (Fsp3) is 0.294. The molecular weight excluding hydrogens is 333 g/mol. The van der Waals surface area contributed by atoms with Gasteiger partial charge in [-0.3, -0.25) is 0 Å². The summed E-state index contributed by atoms with van der Waals surface area (Å²) in [4.78, 5) is 0. The second-order valence-corrected chi connectivity index (χ2v) is 5.74. The van der Waals surface area contributed by atoms with Crippen molar-refractivity contribution in [3.63, 3.8) is 0 Å². The van der Waals surface area contributed by atoms with Crippen LogP contribution in [0.2, 0.25) is 0 Å². The molecule has 1 unspecified atom stereocenters. The van der Waals surface area contributed by atoms with E-state index in [1.807, 2.05) is 30.3 Å². The monoisotopic (exact) mass is 351 g/mol. The summed E-state index contributed by atoms with van der Waals surface area (Å²) < 4.78 is 20.1. The van der Waals surface area contributed by atoms with E-state index in [1.165, 1.54) is 12.1 Å². The van der Waals surface area contributed by atoms with Crippen molar-refractivity contribution in [3.8, 4) is 5.75 Å². The number of rotatable bonds is 7. The third-order valence-corrected chi connectivity index (χ3v) is 3.50. The van der Waals surface area contributed by atoms with Crippen LogP contribution < -0.4 is 10.1 Å². The van der Waals surface area contributed by atoms with Crippen molar-refractivity contribution in [1.29, 1.82) is 0 Å². The van der Waals surface area contributed by atoms with Gasteiger partial charge in [0.1, 0.15) is 17.7 Å². The third kappa shape index (κ3) is 5.14. The van der Waals surface area contributed by atoms with E-state index in [9.17, 15) is 4.39 Å². The van der Waals surface area contributed by atoms with Gasteiger partial charge in [-0.05, 0) is 30.7 Å². The van der Waals surface area contributed by atoms with Gasteiger partial charge in [-0.25, -0.2) is 4.39 Å². The lowest BCUT2D eigenvalue weighted by atomic mass is 10.1. The molecule has 4 heteroatoms. The second-order valence-electron chi connectivity index (χ2n) is 4.83. The van der Waals surface area contributed by atoms with Gasteiger partial charge in [-0.2, -0.15) is 0 Å². The first kappa shape index (κ1) is 16.0. The second kappa shape index (κ2) is 8.15. The Labute approximate surface area is 133 Å². The molecule has 0 aliphatic rings. The Bertz CT molecular complexity index is 542. The van der Waals surface area contributed by atoms with Gasteiger partial charge >= 0.3 is 0 Å². The van der Waals surface area contributed by atoms with Gasteiger partial charge in [0.05, 0.1) is 0 Å². The average molecular weight is 352 g/mol. The topological polar surface area (TPSA) is 21.3 Å². The van der Waals surface area contributed by atoms with Crippen LogP contribution in [-0.4, -0.2) is 13.1 Å². The average Bonchev–Trinajstić information content (AvgIpc) is 2.46. The predicted octanol–water partition coefficient (Wildman–Crippen LogP) is 4.71. The summed E-state index contributed by atoms with van der Waals surface area (Å²) in [6, 6.07) is 14.6. The summed E-state index contributed by atoms with van der Waals surface area (Å²) in [5.41, 5.74) is 1.07. The van der Waals surface area contributed by atoms with Crippen LogP contribution in [0, 0.1) is 5.82 Å². The number of nitrogens with one attached hydrogen (secondary N) is 1. The van der Waals surface area contributed by atoms with E-state index < -0.39 is 0 Å². The molecule has 2 nitrogen and oxygen atoms in total. The number of hydrogen-bond acceptors (Lipinski definition) is 2. The van der Waals surface area contributed by atoms with Crippen LogP contribution in [0.15, 0.2) is 53.0 Å². The highest BCUT2D eigenvalue weighted by atomic mass is 79.9. The number of halogens is 2. The highest BCUT2D eigenvalue weighted by Crippen LogP contribution is 2.25. The normalized spacial score (nSPS) is 12.1. The minimum Gasteiger partial charge on any atom is -0.484 e. The minimum absolute atomic E-state index is 0.147. The van der Waals surface area contributed by atoms with Crippen LogP contribution in [0.3, 0.4) is 0 Å². The Morgan fingerprint density at radius 3 is 2.62 bits per heavy atom. The van der Waals surface area contributed by atoms with E-state index in [1.54, 1.807) is 6.07 Å². The van der Waals surface area contributed by atoms with Crippen molar-refractivity contribution >= 4 is 15.9 Å². The first-order valence-electron chi connectivity index (χ1n) is 7.07. The van der Waals surface area contributed by atoms with E-state index in [4.69, 9.17) is 4.74 Å². The fourth-order valence-electron chi connectivity index (χ4n) is 2.07. The maximum Gasteiger partial charge on any atom is 0.136 e. The van der Waals surface area contributed by atoms with E-state index in [-0.39, 0.29) is 11.9 Å². The number of benzene rings is 2. The molecule has 0 bridgehead atoms. The molecular formula is C17H19BrFNO. The van der Waals surface area contributed by atoms with E-state index >= 15 is 0 Å². The summed E-state index contributed by atoms with van der Waals surface area (Å²) >= 11 is 3.29. The Balaban J connectivity index is 2.15.